The number of nitrogens with one attached hydrogen (secondary N) is 1. The molecule has 0 saturated carbocycles. The van der Waals surface area contributed by atoms with Crippen molar-refractivity contribution >= 4 is 27.5 Å². The summed E-state index contributed by atoms with van der Waals surface area (Å²) in [7, 11) is 4.08. The molecule has 0 aliphatic carbocycles. The van der Waals surface area contributed by atoms with Crippen molar-refractivity contribution in [2.75, 3.05) is 40.3 Å². The van der Waals surface area contributed by atoms with E-state index in [1.807, 2.05) is 14.1 Å². The highest BCUT2D eigenvalue weighted by atomic mass is 32.1. The Bertz CT molecular complexity index is 764. The Morgan fingerprint density at radius 2 is 2.24 bits per heavy atom. The number of rotatable bonds is 5. The number of carbonyl (C=O) groups excluding carboxylic acids is 1. The van der Waals surface area contributed by atoms with E-state index in [1.165, 1.54) is 6.07 Å². The molecule has 0 radical (unpaired) electrons. The van der Waals surface area contributed by atoms with Crippen molar-refractivity contribution < 1.29 is 13.6 Å². The average molecular weight is 368 g/mol. The number of fused-ring (bicyclic) bond motifs is 1. The van der Waals surface area contributed by atoms with E-state index in [0.29, 0.717) is 4.70 Å². The molecule has 1 aromatic carbocycles. The molecule has 2 aromatic rings. The number of halogens is 2. The highest BCUT2D eigenvalue weighted by Gasteiger charge is 2.23. The molecule has 1 atom stereocenters. The summed E-state index contributed by atoms with van der Waals surface area (Å²) in [5, 5.41) is 3.16. The molecule has 0 spiro atoms. The van der Waals surface area contributed by atoms with Crippen molar-refractivity contribution in [3.05, 3.63) is 28.8 Å². The van der Waals surface area contributed by atoms with Crippen LogP contribution in [-0.4, -0.2) is 67.0 Å². The van der Waals surface area contributed by atoms with Crippen LogP contribution in [0.2, 0.25) is 0 Å². The van der Waals surface area contributed by atoms with Crippen molar-refractivity contribution in [2.45, 2.75) is 18.9 Å². The first kappa shape index (κ1) is 18.2. The van der Waals surface area contributed by atoms with Gasteiger partial charge in [0.25, 0.3) is 5.91 Å². The van der Waals surface area contributed by atoms with Crippen LogP contribution >= 0.6 is 11.3 Å². The predicted molar refractivity (Wildman–Crippen MR) is 95.0 cm³/mol. The third-order valence-electron chi connectivity index (χ3n) is 4.31. The summed E-state index contributed by atoms with van der Waals surface area (Å²) in [6.45, 7) is 3.77. The number of carbonyl (C=O) groups is 1. The van der Waals surface area contributed by atoms with Crippen LogP contribution < -0.4 is 5.32 Å². The molecule has 8 heteroatoms. The molecule has 1 N–H and O–H groups in total. The quantitative estimate of drug-likeness (QED) is 0.880. The Balaban J connectivity index is 1.64. The third kappa shape index (κ3) is 4.50. The molecule has 25 heavy (non-hydrogen) atoms. The number of amides is 1. The molecule has 1 fully saturated rings. The van der Waals surface area contributed by atoms with Gasteiger partial charge in [0, 0.05) is 31.7 Å². The molecule has 2 heterocycles. The Morgan fingerprint density at radius 3 is 3.00 bits per heavy atom. The van der Waals surface area contributed by atoms with Gasteiger partial charge >= 0.3 is 0 Å². The smallest absolute Gasteiger partial charge is 0.280 e. The van der Waals surface area contributed by atoms with E-state index in [-0.39, 0.29) is 22.5 Å². The molecule has 1 amide bonds. The first-order valence-electron chi connectivity index (χ1n) is 8.36. The second-order valence-corrected chi connectivity index (χ2v) is 7.70. The second-order valence-electron chi connectivity index (χ2n) is 6.67. The third-order valence-corrected chi connectivity index (χ3v) is 5.31. The summed E-state index contributed by atoms with van der Waals surface area (Å²) < 4.78 is 27.4. The van der Waals surface area contributed by atoms with E-state index in [9.17, 15) is 13.6 Å². The van der Waals surface area contributed by atoms with Gasteiger partial charge in [0.05, 0.1) is 4.70 Å². The summed E-state index contributed by atoms with van der Waals surface area (Å²) in [5.74, 6) is -1.72. The zero-order valence-corrected chi connectivity index (χ0v) is 15.2. The van der Waals surface area contributed by atoms with Crippen molar-refractivity contribution in [1.82, 2.24) is 20.1 Å². The van der Waals surface area contributed by atoms with Crippen molar-refractivity contribution in [3.8, 4) is 0 Å². The maximum absolute atomic E-state index is 13.7. The lowest BCUT2D eigenvalue weighted by Crippen LogP contribution is -2.49. The topological polar surface area (TPSA) is 48.5 Å². The van der Waals surface area contributed by atoms with Gasteiger partial charge in [0.1, 0.15) is 11.3 Å². The maximum atomic E-state index is 13.7. The van der Waals surface area contributed by atoms with Gasteiger partial charge in [-0.15, -0.1) is 11.3 Å². The number of hydrogen-bond acceptors (Lipinski definition) is 5. The molecule has 1 aliphatic heterocycles. The van der Waals surface area contributed by atoms with Crippen LogP contribution in [0.4, 0.5) is 8.78 Å². The fourth-order valence-electron chi connectivity index (χ4n) is 3.02. The Morgan fingerprint density at radius 1 is 1.44 bits per heavy atom. The molecule has 5 nitrogen and oxygen atoms in total. The van der Waals surface area contributed by atoms with Gasteiger partial charge in [-0.3, -0.25) is 4.79 Å². The van der Waals surface area contributed by atoms with E-state index in [4.69, 9.17) is 0 Å². The highest BCUT2D eigenvalue weighted by molar-refractivity contribution is 7.20. The average Bonchev–Trinajstić information content (AvgIpc) is 2.98. The Hall–Kier alpha value is -1.64. The lowest BCUT2D eigenvalue weighted by molar-refractivity contribution is 0.0900. The SMILES string of the molecule is CN(C)CCN1CCCC(NC(=O)c2nc3c(F)cc(F)cc3s2)C1. The number of aromatic nitrogens is 1. The lowest BCUT2D eigenvalue weighted by Gasteiger charge is -2.33. The number of nitrogens with zero attached hydrogens (tertiary/aromatic N) is 3. The summed E-state index contributed by atoms with van der Waals surface area (Å²) in [4.78, 5) is 21.0. The summed E-state index contributed by atoms with van der Waals surface area (Å²) in [6, 6.07) is 2.04. The first-order valence-corrected chi connectivity index (χ1v) is 9.17. The van der Waals surface area contributed by atoms with Crippen molar-refractivity contribution in [1.29, 1.82) is 0 Å². The van der Waals surface area contributed by atoms with Crippen molar-refractivity contribution in [3.63, 3.8) is 0 Å². The standard InChI is InChI=1S/C17H22F2N4OS/c1-22(2)6-7-23-5-3-4-12(10-23)20-16(24)17-21-15-13(19)8-11(18)9-14(15)25-17/h8-9,12H,3-7,10H2,1-2H3,(H,20,24). The van der Waals surface area contributed by atoms with Gasteiger partial charge in [-0.1, -0.05) is 0 Å². The molecule has 1 unspecified atom stereocenters. The number of piperidine rings is 1. The maximum Gasteiger partial charge on any atom is 0.280 e. The summed E-state index contributed by atoms with van der Waals surface area (Å²) in [5.41, 5.74) is 0.0489. The van der Waals surface area contributed by atoms with Crippen LogP contribution in [0.5, 0.6) is 0 Å². The fraction of sp³-hybridized carbons (Fsp3) is 0.529. The molecule has 1 aromatic heterocycles. The molecule has 1 saturated heterocycles. The lowest BCUT2D eigenvalue weighted by atomic mass is 10.1. The van der Waals surface area contributed by atoms with Gasteiger partial charge < -0.3 is 15.1 Å². The van der Waals surface area contributed by atoms with Gasteiger partial charge in [-0.2, -0.15) is 0 Å². The number of hydrogen-bond donors (Lipinski definition) is 1. The number of likely N-dealkylation sites (N-methyl/N-ethyl adjacent to an activating group) is 1. The van der Waals surface area contributed by atoms with Crippen LogP contribution in [0.25, 0.3) is 10.2 Å². The Kier molecular flexibility index (Phi) is 5.61. The molecule has 1 aliphatic rings. The van der Waals surface area contributed by atoms with E-state index in [0.717, 1.165) is 56.4 Å². The van der Waals surface area contributed by atoms with E-state index >= 15 is 0 Å². The summed E-state index contributed by atoms with van der Waals surface area (Å²) in [6.07, 6.45) is 1.94. The molecule has 3 rings (SSSR count). The van der Waals surface area contributed by atoms with Gasteiger partial charge in [0.15, 0.2) is 10.8 Å². The first-order chi connectivity index (χ1) is 11.9. The van der Waals surface area contributed by atoms with E-state index in [1.54, 1.807) is 0 Å². The normalized spacial score (nSPS) is 18.8. The molecular formula is C17H22F2N4OS. The van der Waals surface area contributed by atoms with Crippen LogP contribution in [-0.2, 0) is 0 Å². The number of benzene rings is 1. The highest BCUT2D eigenvalue weighted by Crippen LogP contribution is 2.25. The van der Waals surface area contributed by atoms with Gasteiger partial charge in [-0.25, -0.2) is 13.8 Å². The predicted octanol–water partition coefficient (Wildman–Crippen LogP) is 2.33. The zero-order valence-electron chi connectivity index (χ0n) is 14.4. The Labute approximate surface area is 149 Å². The van der Waals surface area contributed by atoms with Crippen LogP contribution in [0.3, 0.4) is 0 Å². The minimum atomic E-state index is -0.738. The second kappa shape index (κ2) is 7.72. The number of thiazole rings is 1. The van der Waals surface area contributed by atoms with Gasteiger partial charge in [-0.05, 0) is 39.5 Å². The van der Waals surface area contributed by atoms with Gasteiger partial charge in [0.2, 0.25) is 0 Å². The van der Waals surface area contributed by atoms with Crippen LogP contribution in [0.1, 0.15) is 22.6 Å². The largest absolute Gasteiger partial charge is 0.346 e. The van der Waals surface area contributed by atoms with E-state index < -0.39 is 11.6 Å². The van der Waals surface area contributed by atoms with E-state index in [2.05, 4.69) is 20.1 Å². The molecular weight excluding hydrogens is 346 g/mol. The molecule has 0 bridgehead atoms. The van der Waals surface area contributed by atoms with Crippen LogP contribution in [0.15, 0.2) is 12.1 Å². The van der Waals surface area contributed by atoms with Crippen molar-refractivity contribution in [2.24, 2.45) is 0 Å². The summed E-state index contributed by atoms with van der Waals surface area (Å²) >= 11 is 1.01. The zero-order chi connectivity index (χ0) is 18.0. The monoisotopic (exact) mass is 368 g/mol. The minimum absolute atomic E-state index is 0.0489. The minimum Gasteiger partial charge on any atom is -0.346 e. The van der Waals surface area contributed by atoms with Crippen LogP contribution in [0, 0.1) is 11.6 Å². The molecule has 136 valence electrons. The fourth-order valence-corrected chi connectivity index (χ4v) is 3.93. The number of likely N-dealkylation sites (tertiary alicyclic amines) is 1.